The maximum Gasteiger partial charge on any atom is 0.261 e. The van der Waals surface area contributed by atoms with Crippen molar-refractivity contribution in [1.29, 1.82) is 0 Å². The van der Waals surface area contributed by atoms with Gasteiger partial charge in [-0.15, -0.1) is 0 Å². The summed E-state index contributed by atoms with van der Waals surface area (Å²) >= 11 is 0. The van der Waals surface area contributed by atoms with Gasteiger partial charge in [-0.1, -0.05) is 13.8 Å². The van der Waals surface area contributed by atoms with Gasteiger partial charge in [0.2, 0.25) is 0 Å². The van der Waals surface area contributed by atoms with Crippen molar-refractivity contribution in [2.45, 2.75) is 32.6 Å². The molecule has 0 radical (unpaired) electrons. The van der Waals surface area contributed by atoms with E-state index in [1.807, 2.05) is 6.92 Å². The fourth-order valence-electron chi connectivity index (χ4n) is 1.72. The van der Waals surface area contributed by atoms with E-state index in [2.05, 4.69) is 13.8 Å². The summed E-state index contributed by atoms with van der Waals surface area (Å²) in [6.07, 6.45) is 0. The lowest BCUT2D eigenvalue weighted by Gasteiger charge is -2.13. The predicted octanol–water partition coefficient (Wildman–Crippen LogP) is 3.28. The first-order chi connectivity index (χ1) is 9.23. The Hall–Kier alpha value is -0.780. The minimum Gasteiger partial charge on any atom is -0.491 e. The Morgan fingerprint density at radius 2 is 1.80 bits per heavy atom. The van der Waals surface area contributed by atoms with Crippen LogP contribution >= 0.6 is 10.7 Å². The summed E-state index contributed by atoms with van der Waals surface area (Å²) in [4.78, 5) is 0.125. The summed E-state index contributed by atoms with van der Waals surface area (Å²) in [7, 11) is 1.66. The van der Waals surface area contributed by atoms with E-state index in [0.717, 1.165) is 5.56 Å². The Morgan fingerprint density at radius 1 is 1.15 bits per heavy atom. The quantitative estimate of drug-likeness (QED) is 0.571. The van der Waals surface area contributed by atoms with Crippen molar-refractivity contribution < 1.29 is 17.9 Å². The molecule has 0 aromatic heterocycles. The average molecular weight is 321 g/mol. The number of ether oxygens (including phenoxy) is 2. The molecule has 20 heavy (non-hydrogen) atoms. The van der Waals surface area contributed by atoms with E-state index in [-0.39, 0.29) is 4.90 Å². The molecule has 0 heterocycles. The van der Waals surface area contributed by atoms with Gasteiger partial charge in [0.1, 0.15) is 12.4 Å². The van der Waals surface area contributed by atoms with Crippen LogP contribution in [0.25, 0.3) is 0 Å². The van der Waals surface area contributed by atoms with Crippen LogP contribution in [0.15, 0.2) is 17.0 Å². The number of benzene rings is 1. The smallest absolute Gasteiger partial charge is 0.261 e. The number of hydrogen-bond acceptors (Lipinski definition) is 4. The number of halogens is 1. The van der Waals surface area contributed by atoms with Gasteiger partial charge in [-0.25, -0.2) is 8.42 Å². The first kappa shape index (κ1) is 17.3. The topological polar surface area (TPSA) is 52.6 Å². The van der Waals surface area contributed by atoms with Crippen LogP contribution in [0.4, 0.5) is 0 Å². The van der Waals surface area contributed by atoms with Crippen molar-refractivity contribution >= 4 is 19.7 Å². The Balaban J connectivity index is 2.67. The van der Waals surface area contributed by atoms with E-state index in [1.54, 1.807) is 13.0 Å². The van der Waals surface area contributed by atoms with Gasteiger partial charge in [0.15, 0.2) is 0 Å². The second-order valence-corrected chi connectivity index (χ2v) is 7.60. The summed E-state index contributed by atoms with van der Waals surface area (Å²) < 4.78 is 33.8. The van der Waals surface area contributed by atoms with Crippen LogP contribution in [0.2, 0.25) is 0 Å². The third kappa shape index (κ3) is 4.96. The van der Waals surface area contributed by atoms with Crippen molar-refractivity contribution in [3.63, 3.8) is 0 Å². The zero-order chi connectivity index (χ0) is 15.3. The lowest BCUT2D eigenvalue weighted by Crippen LogP contribution is -2.11. The molecule has 1 aromatic rings. The summed E-state index contributed by atoms with van der Waals surface area (Å²) in [5, 5.41) is 0. The Bertz CT molecular complexity index is 553. The highest BCUT2D eigenvalue weighted by Crippen LogP contribution is 2.28. The molecule has 6 heteroatoms. The maximum absolute atomic E-state index is 11.4. The van der Waals surface area contributed by atoms with Gasteiger partial charge in [0, 0.05) is 17.3 Å². The largest absolute Gasteiger partial charge is 0.491 e. The second kappa shape index (κ2) is 7.29. The lowest BCUT2D eigenvalue weighted by atomic mass is 10.1. The van der Waals surface area contributed by atoms with Crippen LogP contribution in [0, 0.1) is 19.8 Å². The first-order valence-corrected chi connectivity index (χ1v) is 8.79. The molecule has 0 N–H and O–H groups in total. The standard InChI is InChI=1S/C14H21ClO4S/c1-10(2)9-18-7-8-19-13-5-6-14(20(15,16)17)12(4)11(13)3/h5-6,10H,7-9H2,1-4H3. The summed E-state index contributed by atoms with van der Waals surface area (Å²) in [6.45, 7) is 9.33. The second-order valence-electron chi connectivity index (χ2n) is 5.07. The monoisotopic (exact) mass is 320 g/mol. The molecule has 0 bridgehead atoms. The molecule has 4 nitrogen and oxygen atoms in total. The van der Waals surface area contributed by atoms with Gasteiger partial charge < -0.3 is 9.47 Å². The van der Waals surface area contributed by atoms with E-state index >= 15 is 0 Å². The summed E-state index contributed by atoms with van der Waals surface area (Å²) in [5.41, 5.74) is 1.39. The zero-order valence-corrected chi connectivity index (χ0v) is 13.8. The molecule has 0 aliphatic heterocycles. The van der Waals surface area contributed by atoms with E-state index < -0.39 is 9.05 Å². The minimum atomic E-state index is -3.72. The molecule has 114 valence electrons. The molecule has 1 rings (SSSR count). The van der Waals surface area contributed by atoms with E-state index in [4.69, 9.17) is 20.2 Å². The molecule has 0 fully saturated rings. The van der Waals surface area contributed by atoms with Crippen molar-refractivity contribution in [2.75, 3.05) is 19.8 Å². The number of rotatable bonds is 7. The van der Waals surface area contributed by atoms with Crippen molar-refractivity contribution in [3.8, 4) is 5.75 Å². The normalized spacial score (nSPS) is 11.9. The van der Waals surface area contributed by atoms with Gasteiger partial charge in [-0.3, -0.25) is 0 Å². The van der Waals surface area contributed by atoms with Crippen molar-refractivity contribution in [2.24, 2.45) is 5.92 Å². The molecule has 0 atom stereocenters. The molecule has 0 unspecified atom stereocenters. The Morgan fingerprint density at radius 3 is 2.35 bits per heavy atom. The van der Waals surface area contributed by atoms with Gasteiger partial charge in [0.25, 0.3) is 9.05 Å². The van der Waals surface area contributed by atoms with Crippen LogP contribution in [-0.2, 0) is 13.8 Å². The molecule has 0 saturated carbocycles. The summed E-state index contributed by atoms with van der Waals surface area (Å²) in [6, 6.07) is 3.09. The van der Waals surface area contributed by atoms with Crippen LogP contribution in [-0.4, -0.2) is 28.2 Å². The number of hydrogen-bond donors (Lipinski definition) is 0. The third-order valence-corrected chi connectivity index (χ3v) is 4.35. The highest BCUT2D eigenvalue weighted by atomic mass is 35.7. The SMILES string of the molecule is Cc1c(OCCOCC(C)C)ccc(S(=O)(=O)Cl)c1C. The maximum atomic E-state index is 11.4. The highest BCUT2D eigenvalue weighted by molar-refractivity contribution is 8.13. The molecular formula is C14H21ClO4S. The van der Waals surface area contributed by atoms with Crippen LogP contribution < -0.4 is 4.74 Å². The predicted molar refractivity (Wildman–Crippen MR) is 80.1 cm³/mol. The lowest BCUT2D eigenvalue weighted by molar-refractivity contribution is 0.0817. The van der Waals surface area contributed by atoms with Gasteiger partial charge in [-0.2, -0.15) is 0 Å². The zero-order valence-electron chi connectivity index (χ0n) is 12.3. The fraction of sp³-hybridized carbons (Fsp3) is 0.571. The van der Waals surface area contributed by atoms with Gasteiger partial charge in [-0.05, 0) is 43.0 Å². The molecule has 0 spiro atoms. The van der Waals surface area contributed by atoms with Gasteiger partial charge >= 0.3 is 0 Å². The van der Waals surface area contributed by atoms with E-state index in [1.165, 1.54) is 6.07 Å². The summed E-state index contributed by atoms with van der Waals surface area (Å²) in [5.74, 6) is 1.15. The molecule has 0 amide bonds. The van der Waals surface area contributed by atoms with E-state index in [0.29, 0.717) is 37.1 Å². The molecule has 1 aromatic carbocycles. The van der Waals surface area contributed by atoms with Gasteiger partial charge in [0.05, 0.1) is 11.5 Å². The molecule has 0 saturated heterocycles. The third-order valence-electron chi connectivity index (χ3n) is 2.89. The van der Waals surface area contributed by atoms with E-state index in [9.17, 15) is 8.42 Å². The Labute approximate surface area is 125 Å². The Kier molecular flexibility index (Phi) is 6.30. The molecule has 0 aliphatic carbocycles. The van der Waals surface area contributed by atoms with Crippen molar-refractivity contribution in [1.82, 2.24) is 0 Å². The highest BCUT2D eigenvalue weighted by Gasteiger charge is 2.16. The minimum absolute atomic E-state index is 0.125. The van der Waals surface area contributed by atoms with Crippen LogP contribution in [0.1, 0.15) is 25.0 Å². The molecule has 0 aliphatic rings. The molecular weight excluding hydrogens is 300 g/mol. The average Bonchev–Trinajstić information content (AvgIpc) is 2.32. The first-order valence-electron chi connectivity index (χ1n) is 6.49. The van der Waals surface area contributed by atoms with Crippen LogP contribution in [0.5, 0.6) is 5.75 Å². The van der Waals surface area contributed by atoms with Crippen molar-refractivity contribution in [3.05, 3.63) is 23.3 Å². The fourth-order valence-corrected chi connectivity index (χ4v) is 2.97. The van der Waals surface area contributed by atoms with Crippen LogP contribution in [0.3, 0.4) is 0 Å².